The third-order valence-corrected chi connectivity index (χ3v) is 3.23. The van der Waals surface area contributed by atoms with Crippen LogP contribution in [0.15, 0.2) is 18.2 Å². The molecule has 0 radical (unpaired) electrons. The maximum atomic E-state index is 9.01. The first kappa shape index (κ1) is 14.2. The summed E-state index contributed by atoms with van der Waals surface area (Å²) >= 11 is 0. The lowest BCUT2D eigenvalue weighted by molar-refractivity contribution is -0.318. The first-order valence-corrected chi connectivity index (χ1v) is 6.26. The van der Waals surface area contributed by atoms with E-state index in [9.17, 15) is 0 Å². The van der Waals surface area contributed by atoms with Gasteiger partial charge in [-0.1, -0.05) is 45.9 Å². The molecule has 2 heteroatoms. The molecule has 0 amide bonds. The molecular formula is C15H24O2. The Kier molecular flexibility index (Phi) is 4.34. The second-order valence-electron chi connectivity index (χ2n) is 5.80. The van der Waals surface area contributed by atoms with Crippen molar-refractivity contribution in [2.45, 2.75) is 59.0 Å². The SMILES string of the molecule is CC(C)c1cc(C(C)C)cc(C(C)(C)OO)c1. The molecule has 0 atom stereocenters. The van der Waals surface area contributed by atoms with Gasteiger partial charge in [0.2, 0.25) is 0 Å². The van der Waals surface area contributed by atoms with Gasteiger partial charge in [0.1, 0.15) is 5.60 Å². The maximum Gasteiger partial charge on any atom is 0.123 e. The van der Waals surface area contributed by atoms with Crippen molar-refractivity contribution in [1.29, 1.82) is 0 Å². The molecular weight excluding hydrogens is 212 g/mol. The molecule has 0 saturated carbocycles. The van der Waals surface area contributed by atoms with Crippen molar-refractivity contribution in [3.05, 3.63) is 34.9 Å². The van der Waals surface area contributed by atoms with E-state index in [1.807, 2.05) is 13.8 Å². The van der Waals surface area contributed by atoms with Gasteiger partial charge in [-0.25, -0.2) is 4.89 Å². The topological polar surface area (TPSA) is 29.5 Å². The lowest BCUT2D eigenvalue weighted by Gasteiger charge is -2.24. The monoisotopic (exact) mass is 236 g/mol. The van der Waals surface area contributed by atoms with Crippen LogP contribution in [0, 0.1) is 0 Å². The fourth-order valence-electron chi connectivity index (χ4n) is 1.74. The van der Waals surface area contributed by atoms with Gasteiger partial charge in [0, 0.05) is 0 Å². The molecule has 1 aromatic carbocycles. The molecule has 0 spiro atoms. The van der Waals surface area contributed by atoms with Gasteiger partial charge in [0.15, 0.2) is 0 Å². The highest BCUT2D eigenvalue weighted by molar-refractivity contribution is 5.36. The Balaban J connectivity index is 3.31. The van der Waals surface area contributed by atoms with E-state index in [1.165, 1.54) is 11.1 Å². The average Bonchev–Trinajstić information content (AvgIpc) is 2.28. The Hall–Kier alpha value is -0.860. The Morgan fingerprint density at radius 1 is 0.941 bits per heavy atom. The zero-order valence-corrected chi connectivity index (χ0v) is 11.7. The van der Waals surface area contributed by atoms with E-state index in [0.717, 1.165) is 5.56 Å². The Morgan fingerprint density at radius 3 is 1.65 bits per heavy atom. The van der Waals surface area contributed by atoms with Crippen molar-refractivity contribution in [2.75, 3.05) is 0 Å². The van der Waals surface area contributed by atoms with Crippen molar-refractivity contribution in [3.8, 4) is 0 Å². The highest BCUT2D eigenvalue weighted by Crippen LogP contribution is 2.30. The van der Waals surface area contributed by atoms with E-state index in [1.54, 1.807) is 0 Å². The van der Waals surface area contributed by atoms with E-state index in [-0.39, 0.29) is 0 Å². The van der Waals surface area contributed by atoms with Gasteiger partial charge in [-0.05, 0) is 42.4 Å². The van der Waals surface area contributed by atoms with Gasteiger partial charge in [-0.15, -0.1) is 0 Å². The summed E-state index contributed by atoms with van der Waals surface area (Å²) in [6.45, 7) is 12.4. The third-order valence-electron chi connectivity index (χ3n) is 3.23. The Morgan fingerprint density at radius 2 is 1.35 bits per heavy atom. The second kappa shape index (κ2) is 5.19. The summed E-state index contributed by atoms with van der Waals surface area (Å²) in [6.07, 6.45) is 0. The highest BCUT2D eigenvalue weighted by Gasteiger charge is 2.23. The van der Waals surface area contributed by atoms with Crippen LogP contribution in [-0.2, 0) is 10.5 Å². The predicted octanol–water partition coefficient (Wildman–Crippen LogP) is 4.66. The summed E-state index contributed by atoms with van der Waals surface area (Å²) in [5.74, 6) is 0.948. The lowest BCUT2D eigenvalue weighted by Crippen LogP contribution is -2.20. The van der Waals surface area contributed by atoms with Crippen molar-refractivity contribution < 1.29 is 10.1 Å². The summed E-state index contributed by atoms with van der Waals surface area (Å²) < 4.78 is 0. The minimum Gasteiger partial charge on any atom is -0.251 e. The number of hydrogen-bond acceptors (Lipinski definition) is 2. The molecule has 0 saturated heterocycles. The van der Waals surface area contributed by atoms with Gasteiger partial charge in [-0.3, -0.25) is 5.26 Å². The maximum absolute atomic E-state index is 9.01. The molecule has 1 rings (SSSR count). The largest absolute Gasteiger partial charge is 0.251 e. The summed E-state index contributed by atoms with van der Waals surface area (Å²) in [6, 6.07) is 6.48. The normalized spacial score (nSPS) is 12.5. The van der Waals surface area contributed by atoms with Crippen molar-refractivity contribution >= 4 is 0 Å². The van der Waals surface area contributed by atoms with Crippen LogP contribution in [0.4, 0.5) is 0 Å². The molecule has 0 aliphatic rings. The molecule has 1 N–H and O–H groups in total. The quantitative estimate of drug-likeness (QED) is 0.608. The summed E-state index contributed by atoms with van der Waals surface area (Å²) in [4.78, 5) is 4.59. The van der Waals surface area contributed by atoms with Gasteiger partial charge >= 0.3 is 0 Å². The van der Waals surface area contributed by atoms with E-state index in [4.69, 9.17) is 5.26 Å². The Labute approximate surface area is 105 Å². The van der Waals surface area contributed by atoms with Gasteiger partial charge < -0.3 is 0 Å². The van der Waals surface area contributed by atoms with Crippen LogP contribution in [0.5, 0.6) is 0 Å². The van der Waals surface area contributed by atoms with Crippen LogP contribution >= 0.6 is 0 Å². The van der Waals surface area contributed by atoms with E-state index >= 15 is 0 Å². The summed E-state index contributed by atoms with van der Waals surface area (Å²) in [5.41, 5.74) is 2.94. The standard InChI is InChI=1S/C15H24O2/c1-10(2)12-7-13(11(3)4)9-14(8-12)15(5,6)17-16/h7-11,16H,1-6H3. The second-order valence-corrected chi connectivity index (χ2v) is 5.80. The van der Waals surface area contributed by atoms with Gasteiger partial charge in [0.25, 0.3) is 0 Å². The van der Waals surface area contributed by atoms with Crippen LogP contribution in [0.3, 0.4) is 0 Å². The molecule has 0 bridgehead atoms. The fraction of sp³-hybridized carbons (Fsp3) is 0.600. The molecule has 96 valence electrons. The first-order chi connectivity index (χ1) is 7.77. The van der Waals surface area contributed by atoms with Crippen LogP contribution in [0.2, 0.25) is 0 Å². The van der Waals surface area contributed by atoms with E-state index in [0.29, 0.717) is 11.8 Å². The minimum atomic E-state index is -0.658. The lowest BCUT2D eigenvalue weighted by atomic mass is 9.88. The smallest absolute Gasteiger partial charge is 0.123 e. The van der Waals surface area contributed by atoms with Gasteiger partial charge in [0.05, 0.1) is 0 Å². The van der Waals surface area contributed by atoms with E-state index in [2.05, 4.69) is 50.8 Å². The molecule has 0 aliphatic carbocycles. The van der Waals surface area contributed by atoms with Crippen LogP contribution in [-0.4, -0.2) is 5.26 Å². The van der Waals surface area contributed by atoms with Crippen molar-refractivity contribution in [3.63, 3.8) is 0 Å². The van der Waals surface area contributed by atoms with Gasteiger partial charge in [-0.2, -0.15) is 0 Å². The molecule has 2 nitrogen and oxygen atoms in total. The molecule has 0 unspecified atom stereocenters. The predicted molar refractivity (Wildman–Crippen MR) is 71.4 cm³/mol. The summed E-state index contributed by atoms with van der Waals surface area (Å²) in [7, 11) is 0. The number of hydrogen-bond donors (Lipinski definition) is 1. The third kappa shape index (κ3) is 3.30. The molecule has 0 aromatic heterocycles. The minimum absolute atomic E-state index is 0.474. The summed E-state index contributed by atoms with van der Waals surface area (Å²) in [5, 5.41) is 9.01. The molecule has 17 heavy (non-hydrogen) atoms. The first-order valence-electron chi connectivity index (χ1n) is 6.26. The molecule has 0 aliphatic heterocycles. The molecule has 0 fully saturated rings. The Bertz CT molecular complexity index is 352. The zero-order chi connectivity index (χ0) is 13.2. The van der Waals surface area contributed by atoms with Crippen LogP contribution < -0.4 is 0 Å². The highest BCUT2D eigenvalue weighted by atomic mass is 17.1. The van der Waals surface area contributed by atoms with Crippen molar-refractivity contribution in [1.82, 2.24) is 0 Å². The average molecular weight is 236 g/mol. The fourth-order valence-corrected chi connectivity index (χ4v) is 1.74. The number of rotatable bonds is 4. The molecule has 0 heterocycles. The van der Waals surface area contributed by atoms with Crippen LogP contribution in [0.1, 0.15) is 70.1 Å². The van der Waals surface area contributed by atoms with Crippen molar-refractivity contribution in [2.24, 2.45) is 0 Å². The molecule has 1 aromatic rings. The number of benzene rings is 1. The zero-order valence-electron chi connectivity index (χ0n) is 11.7. The van der Waals surface area contributed by atoms with Crippen LogP contribution in [0.25, 0.3) is 0 Å². The van der Waals surface area contributed by atoms with E-state index < -0.39 is 5.60 Å².